The quantitative estimate of drug-likeness (QED) is 0.748. The number of piperidine rings is 1. The predicted octanol–water partition coefficient (Wildman–Crippen LogP) is 2.79. The molecule has 0 aromatic heterocycles. The summed E-state index contributed by atoms with van der Waals surface area (Å²) in [4.78, 5) is 2.33. The number of ether oxygens (including phenoxy) is 2. The highest BCUT2D eigenvalue weighted by molar-refractivity contribution is 5.33. The molecule has 1 fully saturated rings. The maximum Gasteiger partial charge on any atom is 0.119 e. The number of aliphatic hydroxyl groups excluding tert-OH is 1. The molecule has 0 amide bonds. The van der Waals surface area contributed by atoms with Crippen LogP contribution in [0.4, 0.5) is 0 Å². The predicted molar refractivity (Wildman–Crippen MR) is 93.1 cm³/mol. The van der Waals surface area contributed by atoms with Crippen molar-refractivity contribution in [2.24, 2.45) is 5.92 Å². The van der Waals surface area contributed by atoms with Crippen molar-refractivity contribution < 1.29 is 14.6 Å². The lowest BCUT2D eigenvalue weighted by atomic mass is 9.99. The molecule has 2 rings (SSSR count). The van der Waals surface area contributed by atoms with Gasteiger partial charge in [0.1, 0.15) is 12.4 Å². The standard InChI is InChI=1S/C19H31NO3/c1-15-6-8-20(9-7-15)13-18(21)14-22-10-11-23-19-5-4-16(2)17(3)12-19/h4-5,12,15,18,21H,6-11,13-14H2,1-3H3/t18-/m1/s1. The number of aryl methyl sites for hydroxylation is 2. The Kier molecular flexibility index (Phi) is 7.34. The molecule has 23 heavy (non-hydrogen) atoms. The summed E-state index contributed by atoms with van der Waals surface area (Å²) >= 11 is 0. The molecule has 0 spiro atoms. The molecule has 0 unspecified atom stereocenters. The first kappa shape index (κ1) is 18.2. The molecule has 4 nitrogen and oxygen atoms in total. The van der Waals surface area contributed by atoms with Gasteiger partial charge in [0.05, 0.1) is 19.3 Å². The van der Waals surface area contributed by atoms with Crippen LogP contribution < -0.4 is 4.74 Å². The lowest BCUT2D eigenvalue weighted by Crippen LogP contribution is -2.40. The van der Waals surface area contributed by atoms with E-state index in [9.17, 15) is 5.11 Å². The van der Waals surface area contributed by atoms with Crippen LogP contribution in [0.2, 0.25) is 0 Å². The van der Waals surface area contributed by atoms with E-state index >= 15 is 0 Å². The summed E-state index contributed by atoms with van der Waals surface area (Å²) in [6.45, 7) is 10.8. The van der Waals surface area contributed by atoms with Crippen LogP contribution in [-0.4, -0.2) is 55.6 Å². The van der Waals surface area contributed by atoms with Crippen molar-refractivity contribution in [3.05, 3.63) is 29.3 Å². The van der Waals surface area contributed by atoms with Gasteiger partial charge in [-0.1, -0.05) is 13.0 Å². The summed E-state index contributed by atoms with van der Waals surface area (Å²) in [6, 6.07) is 6.09. The minimum atomic E-state index is -0.412. The van der Waals surface area contributed by atoms with Crippen LogP contribution >= 0.6 is 0 Å². The third kappa shape index (κ3) is 6.50. The molecule has 1 aromatic carbocycles. The van der Waals surface area contributed by atoms with Gasteiger partial charge in [-0.25, -0.2) is 0 Å². The van der Waals surface area contributed by atoms with Gasteiger partial charge < -0.3 is 19.5 Å². The van der Waals surface area contributed by atoms with Crippen molar-refractivity contribution in [3.8, 4) is 5.75 Å². The molecule has 0 bridgehead atoms. The van der Waals surface area contributed by atoms with Gasteiger partial charge in [0.2, 0.25) is 0 Å². The van der Waals surface area contributed by atoms with Gasteiger partial charge in [-0.05, 0) is 69.0 Å². The largest absolute Gasteiger partial charge is 0.491 e. The molecule has 0 aliphatic carbocycles. The molecular formula is C19H31NO3. The summed E-state index contributed by atoms with van der Waals surface area (Å²) in [5.41, 5.74) is 2.50. The number of benzene rings is 1. The molecule has 1 aromatic rings. The van der Waals surface area contributed by atoms with E-state index in [1.54, 1.807) is 0 Å². The number of aliphatic hydroxyl groups is 1. The number of nitrogens with zero attached hydrogens (tertiary/aromatic N) is 1. The molecule has 0 radical (unpaired) electrons. The number of rotatable bonds is 8. The van der Waals surface area contributed by atoms with Crippen molar-refractivity contribution in [2.45, 2.75) is 39.7 Å². The molecule has 130 valence electrons. The molecule has 1 aliphatic rings. The highest BCUT2D eigenvalue weighted by atomic mass is 16.5. The molecule has 1 atom stereocenters. The van der Waals surface area contributed by atoms with Crippen LogP contribution in [0, 0.1) is 19.8 Å². The Hall–Kier alpha value is -1.10. The maximum absolute atomic E-state index is 10.0. The second-order valence-corrected chi connectivity index (χ2v) is 6.81. The van der Waals surface area contributed by atoms with Gasteiger partial charge in [0, 0.05) is 6.54 Å². The van der Waals surface area contributed by atoms with Crippen molar-refractivity contribution in [1.29, 1.82) is 0 Å². The first-order chi connectivity index (χ1) is 11.0. The second-order valence-electron chi connectivity index (χ2n) is 6.81. The van der Waals surface area contributed by atoms with Crippen LogP contribution in [0.25, 0.3) is 0 Å². The second kappa shape index (κ2) is 9.26. The van der Waals surface area contributed by atoms with E-state index in [4.69, 9.17) is 9.47 Å². The van der Waals surface area contributed by atoms with Crippen LogP contribution in [0.5, 0.6) is 5.75 Å². The third-order valence-electron chi connectivity index (χ3n) is 4.63. The average Bonchev–Trinajstić information content (AvgIpc) is 2.53. The average molecular weight is 321 g/mol. The Morgan fingerprint density at radius 2 is 1.91 bits per heavy atom. The Morgan fingerprint density at radius 1 is 1.17 bits per heavy atom. The molecule has 1 N–H and O–H groups in total. The minimum Gasteiger partial charge on any atom is -0.491 e. The zero-order valence-corrected chi connectivity index (χ0v) is 14.8. The maximum atomic E-state index is 10.0. The number of hydrogen-bond acceptors (Lipinski definition) is 4. The van der Waals surface area contributed by atoms with E-state index in [0.717, 1.165) is 24.8 Å². The molecule has 1 aliphatic heterocycles. The molecular weight excluding hydrogens is 290 g/mol. The van der Waals surface area contributed by atoms with E-state index in [1.807, 2.05) is 12.1 Å². The van der Waals surface area contributed by atoms with Crippen LogP contribution in [0.1, 0.15) is 30.9 Å². The first-order valence-corrected chi connectivity index (χ1v) is 8.73. The van der Waals surface area contributed by atoms with Crippen molar-refractivity contribution in [1.82, 2.24) is 4.90 Å². The van der Waals surface area contributed by atoms with Gasteiger partial charge in [-0.15, -0.1) is 0 Å². The number of likely N-dealkylation sites (tertiary alicyclic amines) is 1. The summed E-state index contributed by atoms with van der Waals surface area (Å²) < 4.78 is 11.2. The topological polar surface area (TPSA) is 41.9 Å². The van der Waals surface area contributed by atoms with E-state index in [0.29, 0.717) is 26.4 Å². The van der Waals surface area contributed by atoms with Crippen molar-refractivity contribution in [3.63, 3.8) is 0 Å². The normalized spacial score (nSPS) is 18.1. The minimum absolute atomic E-state index is 0.377. The van der Waals surface area contributed by atoms with Gasteiger partial charge in [0.15, 0.2) is 0 Å². The van der Waals surface area contributed by atoms with Gasteiger partial charge in [0.25, 0.3) is 0 Å². The molecule has 1 saturated heterocycles. The van der Waals surface area contributed by atoms with Gasteiger partial charge in [-0.3, -0.25) is 0 Å². The Labute approximate surface area is 140 Å². The Balaban J connectivity index is 1.55. The fraction of sp³-hybridized carbons (Fsp3) is 0.684. The van der Waals surface area contributed by atoms with Crippen LogP contribution in [0.15, 0.2) is 18.2 Å². The summed E-state index contributed by atoms with van der Waals surface area (Å²) in [5.74, 6) is 1.70. The third-order valence-corrected chi connectivity index (χ3v) is 4.63. The molecule has 4 heteroatoms. The monoisotopic (exact) mass is 321 g/mol. The van der Waals surface area contributed by atoms with Gasteiger partial charge in [-0.2, -0.15) is 0 Å². The highest BCUT2D eigenvalue weighted by Gasteiger charge is 2.18. The Bertz CT molecular complexity index is 470. The summed E-state index contributed by atoms with van der Waals surface area (Å²) in [5, 5.41) is 10.0. The Morgan fingerprint density at radius 3 is 2.61 bits per heavy atom. The number of hydrogen-bond donors (Lipinski definition) is 1. The summed E-state index contributed by atoms with van der Waals surface area (Å²) in [7, 11) is 0. The smallest absolute Gasteiger partial charge is 0.119 e. The fourth-order valence-electron chi connectivity index (χ4n) is 2.84. The molecule has 1 heterocycles. The lowest BCUT2D eigenvalue weighted by molar-refractivity contribution is 0.00333. The van der Waals surface area contributed by atoms with Crippen molar-refractivity contribution >= 4 is 0 Å². The van der Waals surface area contributed by atoms with E-state index in [1.165, 1.54) is 24.0 Å². The van der Waals surface area contributed by atoms with Crippen molar-refractivity contribution in [2.75, 3.05) is 39.5 Å². The van der Waals surface area contributed by atoms with Gasteiger partial charge >= 0.3 is 0 Å². The SMILES string of the molecule is Cc1ccc(OCCOC[C@H](O)CN2CCC(C)CC2)cc1C. The fourth-order valence-corrected chi connectivity index (χ4v) is 2.84. The number of β-amino-alcohol motifs (C(OH)–C–C–N with tert-alkyl or cyclic N) is 1. The van der Waals surface area contributed by atoms with E-state index < -0.39 is 6.10 Å². The van der Waals surface area contributed by atoms with E-state index in [2.05, 4.69) is 31.7 Å². The lowest BCUT2D eigenvalue weighted by Gasteiger charge is -2.31. The molecule has 0 saturated carbocycles. The van der Waals surface area contributed by atoms with Crippen LogP contribution in [0.3, 0.4) is 0 Å². The van der Waals surface area contributed by atoms with Crippen LogP contribution in [-0.2, 0) is 4.74 Å². The zero-order valence-electron chi connectivity index (χ0n) is 14.8. The summed E-state index contributed by atoms with van der Waals surface area (Å²) in [6.07, 6.45) is 2.06. The highest BCUT2D eigenvalue weighted by Crippen LogP contribution is 2.17. The zero-order chi connectivity index (χ0) is 16.7. The first-order valence-electron chi connectivity index (χ1n) is 8.73. The van der Waals surface area contributed by atoms with E-state index in [-0.39, 0.29) is 0 Å².